The molecule has 1 aliphatic rings. The lowest BCUT2D eigenvalue weighted by atomic mass is 9.79. The number of nitrogens with two attached hydrogens (primary N) is 1. The molecule has 17 heavy (non-hydrogen) atoms. The number of rotatable bonds is 4. The van der Waals surface area contributed by atoms with Gasteiger partial charge in [-0.3, -0.25) is 0 Å². The highest BCUT2D eigenvalue weighted by Gasteiger charge is 2.38. The molecular formula is C12H17NO3S. The Labute approximate surface area is 102 Å². The third-order valence-corrected chi connectivity index (χ3v) is 5.10. The lowest BCUT2D eigenvalue weighted by Gasteiger charge is -2.41. The van der Waals surface area contributed by atoms with Crippen LogP contribution in [0.3, 0.4) is 0 Å². The Kier molecular flexibility index (Phi) is 3.25. The summed E-state index contributed by atoms with van der Waals surface area (Å²) in [6.45, 7) is 3.39. The zero-order valence-electron chi connectivity index (χ0n) is 9.85. The van der Waals surface area contributed by atoms with Crippen LogP contribution in [0.4, 0.5) is 0 Å². The molecule has 0 amide bonds. The van der Waals surface area contributed by atoms with Gasteiger partial charge in [0.05, 0.1) is 29.3 Å². The van der Waals surface area contributed by atoms with Gasteiger partial charge in [0.15, 0.2) is 9.84 Å². The average Bonchev–Trinajstić information content (AvgIpc) is 2.29. The third-order valence-electron chi connectivity index (χ3n) is 3.35. The molecule has 1 heterocycles. The van der Waals surface area contributed by atoms with Gasteiger partial charge in [-0.1, -0.05) is 19.1 Å². The van der Waals surface area contributed by atoms with Gasteiger partial charge >= 0.3 is 0 Å². The molecule has 1 fully saturated rings. The van der Waals surface area contributed by atoms with E-state index in [0.29, 0.717) is 24.7 Å². The summed E-state index contributed by atoms with van der Waals surface area (Å²) in [5.74, 6) is 0.123. The minimum Gasteiger partial charge on any atom is -0.379 e. The van der Waals surface area contributed by atoms with Crippen molar-refractivity contribution in [2.75, 3.05) is 25.5 Å². The summed E-state index contributed by atoms with van der Waals surface area (Å²) in [7, 11) is -3.12. The standard InChI is InChI=1S/C12H17NO3S/c1-2-17(14,15)11-5-3-10(4-6-11)12(7-13)8-16-9-12/h3-6H,2,7-9,13H2,1H3. The van der Waals surface area contributed by atoms with Crippen LogP contribution in [0, 0.1) is 0 Å². The Morgan fingerprint density at radius 1 is 1.29 bits per heavy atom. The van der Waals surface area contributed by atoms with Crippen LogP contribution < -0.4 is 5.73 Å². The Morgan fingerprint density at radius 2 is 1.88 bits per heavy atom. The fraction of sp³-hybridized carbons (Fsp3) is 0.500. The van der Waals surface area contributed by atoms with Crippen molar-refractivity contribution in [1.82, 2.24) is 0 Å². The van der Waals surface area contributed by atoms with Gasteiger partial charge < -0.3 is 10.5 Å². The lowest BCUT2D eigenvalue weighted by molar-refractivity contribution is -0.0550. The molecule has 0 spiro atoms. The van der Waals surface area contributed by atoms with Crippen molar-refractivity contribution in [3.63, 3.8) is 0 Å². The van der Waals surface area contributed by atoms with Gasteiger partial charge in [-0.05, 0) is 17.7 Å². The number of benzene rings is 1. The summed E-state index contributed by atoms with van der Waals surface area (Å²) in [6, 6.07) is 7.00. The smallest absolute Gasteiger partial charge is 0.178 e. The Bertz CT molecular complexity index is 483. The van der Waals surface area contributed by atoms with Crippen LogP contribution in [0.2, 0.25) is 0 Å². The normalized spacial score (nSPS) is 18.7. The van der Waals surface area contributed by atoms with Gasteiger partial charge in [0.25, 0.3) is 0 Å². The SMILES string of the molecule is CCS(=O)(=O)c1ccc(C2(CN)COC2)cc1. The van der Waals surface area contributed by atoms with Gasteiger partial charge in [0.2, 0.25) is 0 Å². The predicted molar refractivity (Wildman–Crippen MR) is 65.7 cm³/mol. The van der Waals surface area contributed by atoms with E-state index in [2.05, 4.69) is 0 Å². The van der Waals surface area contributed by atoms with Crippen molar-refractivity contribution in [3.05, 3.63) is 29.8 Å². The Morgan fingerprint density at radius 3 is 2.24 bits per heavy atom. The van der Waals surface area contributed by atoms with Gasteiger partial charge in [-0.15, -0.1) is 0 Å². The van der Waals surface area contributed by atoms with Crippen molar-refractivity contribution in [3.8, 4) is 0 Å². The van der Waals surface area contributed by atoms with E-state index in [1.807, 2.05) is 12.1 Å². The molecule has 1 aromatic carbocycles. The summed E-state index contributed by atoms with van der Waals surface area (Å²) >= 11 is 0. The Balaban J connectivity index is 2.30. The molecule has 0 radical (unpaired) electrons. The first kappa shape index (κ1) is 12.5. The van der Waals surface area contributed by atoms with Crippen molar-refractivity contribution in [1.29, 1.82) is 0 Å². The molecule has 1 aromatic rings. The van der Waals surface area contributed by atoms with Crippen molar-refractivity contribution in [2.24, 2.45) is 5.73 Å². The summed E-state index contributed by atoms with van der Waals surface area (Å²) in [5, 5.41) is 0. The molecule has 0 aromatic heterocycles. The molecule has 2 rings (SSSR count). The van der Waals surface area contributed by atoms with Crippen LogP contribution in [0.1, 0.15) is 12.5 Å². The zero-order valence-corrected chi connectivity index (χ0v) is 10.7. The van der Waals surface area contributed by atoms with E-state index in [0.717, 1.165) is 5.56 Å². The molecule has 2 N–H and O–H groups in total. The second-order valence-electron chi connectivity index (χ2n) is 4.41. The van der Waals surface area contributed by atoms with Crippen LogP contribution in [-0.2, 0) is 20.0 Å². The lowest BCUT2D eigenvalue weighted by Crippen LogP contribution is -2.52. The largest absolute Gasteiger partial charge is 0.379 e. The Hall–Kier alpha value is -0.910. The van der Waals surface area contributed by atoms with Gasteiger partial charge in [-0.25, -0.2) is 8.42 Å². The number of hydrogen-bond acceptors (Lipinski definition) is 4. The summed E-state index contributed by atoms with van der Waals surface area (Å²) in [5.41, 5.74) is 6.69. The number of hydrogen-bond donors (Lipinski definition) is 1. The van der Waals surface area contributed by atoms with Crippen LogP contribution in [0.25, 0.3) is 0 Å². The molecule has 4 nitrogen and oxygen atoms in total. The van der Waals surface area contributed by atoms with E-state index in [-0.39, 0.29) is 11.2 Å². The maximum absolute atomic E-state index is 11.7. The monoisotopic (exact) mass is 255 g/mol. The molecule has 0 bridgehead atoms. The van der Waals surface area contributed by atoms with E-state index < -0.39 is 9.84 Å². The van der Waals surface area contributed by atoms with E-state index in [4.69, 9.17) is 10.5 Å². The van der Waals surface area contributed by atoms with E-state index in [1.165, 1.54) is 0 Å². The highest BCUT2D eigenvalue weighted by Crippen LogP contribution is 2.31. The fourth-order valence-corrected chi connectivity index (χ4v) is 2.82. The zero-order chi connectivity index (χ0) is 12.5. The summed E-state index contributed by atoms with van der Waals surface area (Å²) in [6.07, 6.45) is 0. The molecule has 1 saturated heterocycles. The van der Waals surface area contributed by atoms with Crippen molar-refractivity contribution < 1.29 is 13.2 Å². The second kappa shape index (κ2) is 4.40. The maximum Gasteiger partial charge on any atom is 0.178 e. The average molecular weight is 255 g/mol. The molecule has 0 aliphatic carbocycles. The first-order valence-corrected chi connectivity index (χ1v) is 7.30. The van der Waals surface area contributed by atoms with Crippen LogP contribution in [-0.4, -0.2) is 33.9 Å². The first-order chi connectivity index (χ1) is 8.04. The molecule has 1 aliphatic heterocycles. The summed E-state index contributed by atoms with van der Waals surface area (Å²) < 4.78 is 28.5. The van der Waals surface area contributed by atoms with E-state index in [1.54, 1.807) is 19.1 Å². The quantitative estimate of drug-likeness (QED) is 0.860. The molecular weight excluding hydrogens is 238 g/mol. The van der Waals surface area contributed by atoms with Crippen LogP contribution in [0.5, 0.6) is 0 Å². The van der Waals surface area contributed by atoms with Gasteiger partial charge in [0, 0.05) is 6.54 Å². The first-order valence-electron chi connectivity index (χ1n) is 5.65. The predicted octanol–water partition coefficient (Wildman–Crippen LogP) is 0.707. The van der Waals surface area contributed by atoms with Crippen molar-refractivity contribution >= 4 is 9.84 Å². The van der Waals surface area contributed by atoms with Crippen LogP contribution >= 0.6 is 0 Å². The molecule has 0 saturated carbocycles. The third kappa shape index (κ3) is 2.10. The van der Waals surface area contributed by atoms with E-state index in [9.17, 15) is 8.42 Å². The molecule has 94 valence electrons. The molecule has 0 atom stereocenters. The minimum atomic E-state index is -3.12. The maximum atomic E-state index is 11.7. The topological polar surface area (TPSA) is 69.4 Å². The highest BCUT2D eigenvalue weighted by molar-refractivity contribution is 7.91. The second-order valence-corrected chi connectivity index (χ2v) is 6.68. The van der Waals surface area contributed by atoms with Crippen molar-refractivity contribution in [2.45, 2.75) is 17.2 Å². The fourth-order valence-electron chi connectivity index (χ4n) is 1.93. The van der Waals surface area contributed by atoms with E-state index >= 15 is 0 Å². The number of sulfone groups is 1. The highest BCUT2D eigenvalue weighted by atomic mass is 32.2. The number of ether oxygens (including phenoxy) is 1. The molecule has 0 unspecified atom stereocenters. The summed E-state index contributed by atoms with van der Waals surface area (Å²) in [4.78, 5) is 0.371. The minimum absolute atomic E-state index is 0.117. The van der Waals surface area contributed by atoms with Gasteiger partial charge in [-0.2, -0.15) is 0 Å². The van der Waals surface area contributed by atoms with Gasteiger partial charge in [0.1, 0.15) is 0 Å². The molecule has 5 heteroatoms. The van der Waals surface area contributed by atoms with Crippen LogP contribution in [0.15, 0.2) is 29.2 Å².